The molecule has 0 atom stereocenters. The summed E-state index contributed by atoms with van der Waals surface area (Å²) in [7, 11) is 1.96. The number of benzene rings is 1. The molecule has 0 aliphatic rings. The summed E-state index contributed by atoms with van der Waals surface area (Å²) < 4.78 is 5.17. The normalized spacial score (nSPS) is 10.1. The minimum absolute atomic E-state index is 0.0533. The molecule has 0 radical (unpaired) electrons. The second-order valence-electron chi connectivity index (χ2n) is 3.47. The first-order valence-electron chi connectivity index (χ1n) is 5.23. The molecule has 4 nitrogen and oxygen atoms in total. The number of hydrogen-bond acceptors (Lipinski definition) is 4. The summed E-state index contributed by atoms with van der Waals surface area (Å²) in [4.78, 5) is 12.5. The van der Waals surface area contributed by atoms with E-state index in [1.165, 1.54) is 0 Å². The van der Waals surface area contributed by atoms with Gasteiger partial charge >= 0.3 is 0 Å². The van der Waals surface area contributed by atoms with Crippen LogP contribution in [-0.4, -0.2) is 44.8 Å². The monoisotopic (exact) mass is 223 g/mol. The predicted molar refractivity (Wildman–Crippen MR) is 63.0 cm³/mol. The van der Waals surface area contributed by atoms with Crippen LogP contribution < -0.4 is 4.90 Å². The van der Waals surface area contributed by atoms with E-state index in [9.17, 15) is 4.79 Å². The van der Waals surface area contributed by atoms with Gasteiger partial charge in [-0.15, -0.1) is 0 Å². The standard InChI is InChI=1S/C12H17NO3/c1-13(6-8-16-9-7-14)12-4-2-11(10-15)3-5-12/h2-5,10,14H,6-9H2,1H3. The minimum Gasteiger partial charge on any atom is -0.394 e. The Labute approximate surface area is 95.5 Å². The Morgan fingerprint density at radius 3 is 2.56 bits per heavy atom. The number of carbonyl (C=O) groups excluding carboxylic acids is 1. The van der Waals surface area contributed by atoms with E-state index >= 15 is 0 Å². The van der Waals surface area contributed by atoms with Gasteiger partial charge in [0.1, 0.15) is 6.29 Å². The van der Waals surface area contributed by atoms with Crippen molar-refractivity contribution in [2.75, 3.05) is 38.3 Å². The molecule has 4 heteroatoms. The molecule has 0 fully saturated rings. The molecule has 0 aromatic heterocycles. The summed E-state index contributed by atoms with van der Waals surface area (Å²) in [6, 6.07) is 7.37. The molecule has 0 saturated heterocycles. The van der Waals surface area contributed by atoms with Gasteiger partial charge in [0.25, 0.3) is 0 Å². The number of nitrogens with zero attached hydrogens (tertiary/aromatic N) is 1. The zero-order valence-corrected chi connectivity index (χ0v) is 9.43. The lowest BCUT2D eigenvalue weighted by Gasteiger charge is -2.19. The van der Waals surface area contributed by atoms with Crippen LogP contribution in [0.5, 0.6) is 0 Å². The Morgan fingerprint density at radius 1 is 1.31 bits per heavy atom. The molecular weight excluding hydrogens is 206 g/mol. The predicted octanol–water partition coefficient (Wildman–Crippen LogP) is 0.944. The van der Waals surface area contributed by atoms with Crippen LogP contribution in [-0.2, 0) is 4.74 Å². The fraction of sp³-hybridized carbons (Fsp3) is 0.417. The van der Waals surface area contributed by atoms with Crippen LogP contribution in [0.15, 0.2) is 24.3 Å². The highest BCUT2D eigenvalue weighted by atomic mass is 16.5. The van der Waals surface area contributed by atoms with E-state index in [1.54, 1.807) is 12.1 Å². The molecule has 0 bridgehead atoms. The maximum absolute atomic E-state index is 10.5. The summed E-state index contributed by atoms with van der Waals surface area (Å²) in [5.41, 5.74) is 1.71. The lowest BCUT2D eigenvalue weighted by atomic mass is 10.2. The van der Waals surface area contributed by atoms with Crippen LogP contribution in [0.1, 0.15) is 10.4 Å². The third kappa shape index (κ3) is 4.00. The number of carbonyl (C=O) groups is 1. The van der Waals surface area contributed by atoms with Gasteiger partial charge in [0.05, 0.1) is 19.8 Å². The second-order valence-corrected chi connectivity index (χ2v) is 3.47. The van der Waals surface area contributed by atoms with Gasteiger partial charge in [-0.05, 0) is 24.3 Å². The Balaban J connectivity index is 2.39. The maximum atomic E-state index is 10.5. The van der Waals surface area contributed by atoms with Crippen LogP contribution in [0.25, 0.3) is 0 Å². The van der Waals surface area contributed by atoms with Crippen molar-refractivity contribution < 1.29 is 14.6 Å². The highest BCUT2D eigenvalue weighted by Gasteiger charge is 2.00. The van der Waals surface area contributed by atoms with Crippen LogP contribution >= 0.6 is 0 Å². The number of hydrogen-bond donors (Lipinski definition) is 1. The van der Waals surface area contributed by atoms with Gasteiger partial charge in [-0.25, -0.2) is 0 Å². The number of ether oxygens (including phenoxy) is 1. The van der Waals surface area contributed by atoms with Crippen molar-refractivity contribution in [3.8, 4) is 0 Å². The molecule has 0 spiro atoms. The molecule has 0 heterocycles. The van der Waals surface area contributed by atoms with Crippen LogP contribution in [0, 0.1) is 0 Å². The SMILES string of the molecule is CN(CCOCCO)c1ccc(C=O)cc1. The fourth-order valence-corrected chi connectivity index (χ4v) is 1.30. The lowest BCUT2D eigenvalue weighted by molar-refractivity contribution is 0.0971. The summed E-state index contributed by atoms with van der Waals surface area (Å²) in [5.74, 6) is 0. The van der Waals surface area contributed by atoms with E-state index < -0.39 is 0 Å². The van der Waals surface area contributed by atoms with Gasteiger partial charge in [-0.2, -0.15) is 0 Å². The number of rotatable bonds is 7. The average molecular weight is 223 g/mol. The topological polar surface area (TPSA) is 49.8 Å². The third-order valence-electron chi connectivity index (χ3n) is 2.28. The third-order valence-corrected chi connectivity index (χ3v) is 2.28. The van der Waals surface area contributed by atoms with Crippen LogP contribution in [0.2, 0.25) is 0 Å². The van der Waals surface area contributed by atoms with E-state index in [0.29, 0.717) is 18.8 Å². The molecule has 88 valence electrons. The van der Waals surface area contributed by atoms with Gasteiger partial charge in [-0.3, -0.25) is 4.79 Å². The van der Waals surface area contributed by atoms with Crippen molar-refractivity contribution in [2.45, 2.75) is 0 Å². The molecule has 0 saturated carbocycles. The summed E-state index contributed by atoms with van der Waals surface area (Å²) in [6.45, 7) is 1.75. The number of likely N-dealkylation sites (N-methyl/N-ethyl adjacent to an activating group) is 1. The first-order chi connectivity index (χ1) is 7.77. The molecule has 1 aromatic carbocycles. The molecular formula is C12H17NO3. The Morgan fingerprint density at radius 2 is 2.00 bits per heavy atom. The second kappa shape index (κ2) is 6.98. The lowest BCUT2D eigenvalue weighted by Crippen LogP contribution is -2.23. The molecule has 1 rings (SSSR count). The van der Waals surface area contributed by atoms with Gasteiger partial charge < -0.3 is 14.7 Å². The zero-order chi connectivity index (χ0) is 11.8. The van der Waals surface area contributed by atoms with Gasteiger partial charge in [-0.1, -0.05) is 0 Å². The van der Waals surface area contributed by atoms with Gasteiger partial charge in [0.2, 0.25) is 0 Å². The first kappa shape index (κ1) is 12.7. The minimum atomic E-state index is 0.0533. The first-order valence-corrected chi connectivity index (χ1v) is 5.23. The largest absolute Gasteiger partial charge is 0.394 e. The van der Waals surface area contributed by atoms with E-state index in [2.05, 4.69) is 0 Å². The van der Waals surface area contributed by atoms with Gasteiger partial charge in [0, 0.05) is 24.8 Å². The van der Waals surface area contributed by atoms with Crippen molar-refractivity contribution in [1.29, 1.82) is 0 Å². The smallest absolute Gasteiger partial charge is 0.150 e. The number of aldehydes is 1. The van der Waals surface area contributed by atoms with E-state index in [1.807, 2.05) is 24.1 Å². The maximum Gasteiger partial charge on any atom is 0.150 e. The summed E-state index contributed by atoms with van der Waals surface area (Å²) in [6.07, 6.45) is 0.828. The van der Waals surface area contributed by atoms with E-state index in [4.69, 9.17) is 9.84 Å². The highest BCUT2D eigenvalue weighted by molar-refractivity contribution is 5.75. The van der Waals surface area contributed by atoms with Crippen molar-refractivity contribution in [1.82, 2.24) is 0 Å². The molecule has 1 N–H and O–H groups in total. The summed E-state index contributed by atoms with van der Waals surface area (Å²) in [5, 5.41) is 8.53. The fourth-order valence-electron chi connectivity index (χ4n) is 1.30. The quantitative estimate of drug-likeness (QED) is 0.552. The molecule has 0 amide bonds. The molecule has 0 unspecified atom stereocenters. The van der Waals surface area contributed by atoms with Crippen molar-refractivity contribution >= 4 is 12.0 Å². The van der Waals surface area contributed by atoms with Crippen LogP contribution in [0.4, 0.5) is 5.69 Å². The van der Waals surface area contributed by atoms with Gasteiger partial charge in [0.15, 0.2) is 0 Å². The number of anilines is 1. The van der Waals surface area contributed by atoms with Crippen molar-refractivity contribution in [3.05, 3.63) is 29.8 Å². The van der Waals surface area contributed by atoms with E-state index in [0.717, 1.165) is 18.5 Å². The van der Waals surface area contributed by atoms with Crippen LogP contribution in [0.3, 0.4) is 0 Å². The molecule has 1 aromatic rings. The average Bonchev–Trinajstić information content (AvgIpc) is 2.34. The van der Waals surface area contributed by atoms with Crippen molar-refractivity contribution in [2.24, 2.45) is 0 Å². The number of aliphatic hydroxyl groups excluding tert-OH is 1. The summed E-state index contributed by atoms with van der Waals surface area (Å²) >= 11 is 0. The zero-order valence-electron chi connectivity index (χ0n) is 9.43. The molecule has 0 aliphatic heterocycles. The molecule has 0 aliphatic carbocycles. The molecule has 16 heavy (non-hydrogen) atoms. The number of aliphatic hydroxyl groups is 1. The Bertz CT molecular complexity index is 311. The van der Waals surface area contributed by atoms with Crippen molar-refractivity contribution in [3.63, 3.8) is 0 Å². The Kier molecular flexibility index (Phi) is 5.53. The Hall–Kier alpha value is -1.39. The van der Waals surface area contributed by atoms with E-state index in [-0.39, 0.29) is 6.61 Å². The highest BCUT2D eigenvalue weighted by Crippen LogP contribution is 2.12.